The molecule has 0 fully saturated rings. The van der Waals surface area contributed by atoms with Crippen LogP contribution >= 0.6 is 12.2 Å². The number of nitrogens with two attached hydrogens (primary N) is 1. The molecule has 0 saturated carbocycles. The molecule has 0 spiro atoms. The second kappa shape index (κ2) is 5.36. The summed E-state index contributed by atoms with van der Waals surface area (Å²) >= 11 is 4.97. The quantitative estimate of drug-likeness (QED) is 0.778. The molecule has 0 aliphatic rings. The molecule has 5 nitrogen and oxygen atoms in total. The monoisotopic (exact) mass is 241 g/mol. The number of rotatable bonds is 5. The number of thiocarbonyl (C=S) groups is 1. The molecular weight excluding hydrogens is 222 g/mol. The number of hydrogen-bond donors (Lipinski definition) is 1. The van der Waals surface area contributed by atoms with Crippen molar-refractivity contribution in [1.82, 2.24) is 19.7 Å². The Morgan fingerprint density at radius 3 is 2.69 bits per heavy atom. The van der Waals surface area contributed by atoms with Crippen LogP contribution in [0.1, 0.15) is 32.6 Å². The summed E-state index contributed by atoms with van der Waals surface area (Å²) in [4.78, 5) is 6.80. The molecule has 1 heterocycles. The average molecular weight is 241 g/mol. The van der Waals surface area contributed by atoms with Crippen molar-refractivity contribution in [3.05, 3.63) is 12.2 Å². The van der Waals surface area contributed by atoms with Crippen LogP contribution in [0.3, 0.4) is 0 Å². The topological polar surface area (TPSA) is 60.0 Å². The molecule has 6 heteroatoms. The third-order valence-electron chi connectivity index (χ3n) is 2.60. The molecule has 90 valence electrons. The number of likely N-dealkylation sites (N-methyl/N-ethyl adjacent to an activating group) is 1. The van der Waals surface area contributed by atoms with Crippen molar-refractivity contribution in [2.24, 2.45) is 5.73 Å². The molecule has 1 aromatic heterocycles. The van der Waals surface area contributed by atoms with Crippen molar-refractivity contribution in [3.8, 4) is 0 Å². The van der Waals surface area contributed by atoms with Crippen LogP contribution < -0.4 is 5.73 Å². The van der Waals surface area contributed by atoms with Crippen molar-refractivity contribution in [3.63, 3.8) is 0 Å². The highest BCUT2D eigenvalue weighted by molar-refractivity contribution is 7.80. The predicted octanol–water partition coefficient (Wildman–Crippen LogP) is 0.965. The van der Waals surface area contributed by atoms with Crippen molar-refractivity contribution in [2.45, 2.75) is 39.4 Å². The van der Waals surface area contributed by atoms with Crippen molar-refractivity contribution >= 4 is 17.2 Å². The Balaban J connectivity index is 2.73. The lowest BCUT2D eigenvalue weighted by Crippen LogP contribution is -2.39. The number of nitrogens with zero attached hydrogens (tertiary/aromatic N) is 4. The number of hydrogen-bond acceptors (Lipinski definition) is 4. The van der Waals surface area contributed by atoms with Crippen LogP contribution in [0.15, 0.2) is 6.33 Å². The molecule has 0 bridgehead atoms. The molecule has 1 unspecified atom stereocenters. The average Bonchev–Trinajstić information content (AvgIpc) is 2.64. The molecule has 1 aromatic rings. The summed E-state index contributed by atoms with van der Waals surface area (Å²) in [6, 6.07) is 0.373. The van der Waals surface area contributed by atoms with Crippen LogP contribution in [0, 0.1) is 0 Å². The van der Waals surface area contributed by atoms with Crippen molar-refractivity contribution in [2.75, 3.05) is 7.05 Å². The first kappa shape index (κ1) is 13.1. The summed E-state index contributed by atoms with van der Waals surface area (Å²) in [5, 5.41) is 4.19. The van der Waals surface area contributed by atoms with Gasteiger partial charge in [0.1, 0.15) is 12.2 Å². The van der Waals surface area contributed by atoms with Gasteiger partial charge in [-0.3, -0.25) is 4.90 Å². The zero-order chi connectivity index (χ0) is 12.3. The maximum absolute atomic E-state index is 5.61. The van der Waals surface area contributed by atoms with E-state index in [-0.39, 0.29) is 6.04 Å². The van der Waals surface area contributed by atoms with Crippen LogP contribution in [0.25, 0.3) is 0 Å². The van der Waals surface area contributed by atoms with Crippen molar-refractivity contribution < 1.29 is 0 Å². The fourth-order valence-electron chi connectivity index (χ4n) is 1.40. The number of aromatic nitrogens is 3. The fraction of sp³-hybridized carbons (Fsp3) is 0.700. The summed E-state index contributed by atoms with van der Waals surface area (Å²) in [7, 11) is 1.98. The highest BCUT2D eigenvalue weighted by atomic mass is 32.1. The predicted molar refractivity (Wildman–Crippen MR) is 68.1 cm³/mol. The minimum atomic E-state index is 0.0623. The zero-order valence-corrected chi connectivity index (χ0v) is 11.0. The lowest BCUT2D eigenvalue weighted by atomic mass is 10.3. The van der Waals surface area contributed by atoms with E-state index in [1.165, 1.54) is 0 Å². The molecule has 16 heavy (non-hydrogen) atoms. The van der Waals surface area contributed by atoms with Crippen LogP contribution in [-0.4, -0.2) is 37.7 Å². The standard InChI is InChI=1S/C10H19N5S/c1-7(2)15-9(12-6-13-15)5-14(4)8(3)10(11)16/h6-8H,5H2,1-4H3,(H2,11,16). The van der Waals surface area contributed by atoms with E-state index in [2.05, 4.69) is 28.8 Å². The fourth-order valence-corrected chi connectivity index (χ4v) is 1.58. The molecular formula is C10H19N5S. The minimum absolute atomic E-state index is 0.0623. The highest BCUT2D eigenvalue weighted by Gasteiger charge is 2.15. The zero-order valence-electron chi connectivity index (χ0n) is 10.2. The molecule has 2 N–H and O–H groups in total. The van der Waals surface area contributed by atoms with E-state index >= 15 is 0 Å². The first-order chi connectivity index (χ1) is 7.43. The largest absolute Gasteiger partial charge is 0.392 e. The Bertz CT molecular complexity index is 360. The Labute approximate surface area is 102 Å². The third kappa shape index (κ3) is 2.99. The molecule has 0 radical (unpaired) electrons. The van der Waals surface area contributed by atoms with Crippen LogP contribution in [-0.2, 0) is 6.54 Å². The van der Waals surface area contributed by atoms with Gasteiger partial charge < -0.3 is 5.73 Å². The Hall–Kier alpha value is -1.01. The van der Waals surface area contributed by atoms with Gasteiger partial charge in [0.05, 0.1) is 17.6 Å². The summed E-state index contributed by atoms with van der Waals surface area (Å²) in [6.07, 6.45) is 1.58. The maximum Gasteiger partial charge on any atom is 0.141 e. The first-order valence-electron chi connectivity index (χ1n) is 5.31. The summed E-state index contributed by atoms with van der Waals surface area (Å²) in [5.74, 6) is 0.931. The second-order valence-corrected chi connectivity index (χ2v) is 4.68. The molecule has 0 aliphatic heterocycles. The SMILES string of the molecule is CC(C(N)=S)N(C)Cc1ncnn1C(C)C. The van der Waals surface area contributed by atoms with Gasteiger partial charge in [-0.15, -0.1) is 0 Å². The lowest BCUT2D eigenvalue weighted by molar-refractivity contribution is 0.286. The van der Waals surface area contributed by atoms with Crippen molar-refractivity contribution in [1.29, 1.82) is 0 Å². The third-order valence-corrected chi connectivity index (χ3v) is 2.94. The van der Waals surface area contributed by atoms with Gasteiger partial charge >= 0.3 is 0 Å². The van der Waals surface area contributed by atoms with E-state index in [0.717, 1.165) is 5.82 Å². The van der Waals surface area contributed by atoms with Gasteiger partial charge in [-0.25, -0.2) is 9.67 Å². The Morgan fingerprint density at radius 2 is 2.19 bits per heavy atom. The van der Waals surface area contributed by atoms with Crippen LogP contribution in [0.2, 0.25) is 0 Å². The molecule has 0 aromatic carbocycles. The van der Waals surface area contributed by atoms with E-state index in [1.807, 2.05) is 18.7 Å². The van der Waals surface area contributed by atoms with Gasteiger partial charge in [0.15, 0.2) is 0 Å². The molecule has 1 rings (SSSR count). The molecule has 0 aliphatic carbocycles. The normalized spacial score (nSPS) is 13.4. The van der Waals surface area contributed by atoms with Crippen LogP contribution in [0.5, 0.6) is 0 Å². The lowest BCUT2D eigenvalue weighted by Gasteiger charge is -2.23. The Kier molecular flexibility index (Phi) is 4.37. The molecule has 0 amide bonds. The van der Waals surface area contributed by atoms with Gasteiger partial charge in [-0.2, -0.15) is 5.10 Å². The van der Waals surface area contributed by atoms with Gasteiger partial charge in [0, 0.05) is 6.04 Å². The summed E-state index contributed by atoms with van der Waals surface area (Å²) < 4.78 is 1.91. The molecule has 1 atom stereocenters. The first-order valence-corrected chi connectivity index (χ1v) is 5.72. The van der Waals surface area contributed by atoms with Gasteiger partial charge in [-0.05, 0) is 27.8 Å². The maximum atomic E-state index is 5.61. The summed E-state index contributed by atoms with van der Waals surface area (Å²) in [6.45, 7) is 6.83. The minimum Gasteiger partial charge on any atom is -0.392 e. The van der Waals surface area contributed by atoms with E-state index in [4.69, 9.17) is 18.0 Å². The van der Waals surface area contributed by atoms with E-state index in [0.29, 0.717) is 17.6 Å². The van der Waals surface area contributed by atoms with E-state index in [9.17, 15) is 0 Å². The molecule has 0 saturated heterocycles. The second-order valence-electron chi connectivity index (χ2n) is 4.21. The Morgan fingerprint density at radius 1 is 1.56 bits per heavy atom. The van der Waals surface area contributed by atoms with E-state index < -0.39 is 0 Å². The summed E-state index contributed by atoms with van der Waals surface area (Å²) in [5.41, 5.74) is 5.61. The van der Waals surface area contributed by atoms with E-state index in [1.54, 1.807) is 6.33 Å². The van der Waals surface area contributed by atoms with Gasteiger partial charge in [0.2, 0.25) is 0 Å². The van der Waals surface area contributed by atoms with Gasteiger partial charge in [0.25, 0.3) is 0 Å². The smallest absolute Gasteiger partial charge is 0.141 e. The van der Waals surface area contributed by atoms with Crippen LogP contribution in [0.4, 0.5) is 0 Å². The van der Waals surface area contributed by atoms with Gasteiger partial charge in [-0.1, -0.05) is 12.2 Å². The highest BCUT2D eigenvalue weighted by Crippen LogP contribution is 2.08.